The lowest BCUT2D eigenvalue weighted by Gasteiger charge is -2.13. The van der Waals surface area contributed by atoms with Crippen molar-refractivity contribution in [3.63, 3.8) is 0 Å². The molecule has 0 bridgehead atoms. The lowest BCUT2D eigenvalue weighted by atomic mass is 10.3. The van der Waals surface area contributed by atoms with Gasteiger partial charge in [0, 0.05) is 15.2 Å². The Bertz CT molecular complexity index is 781. The number of halogens is 2. The van der Waals surface area contributed by atoms with Crippen LogP contribution in [0.5, 0.6) is 5.75 Å². The molecular formula is C13H12BrClN2O3S. The Labute approximate surface area is 136 Å². The van der Waals surface area contributed by atoms with Gasteiger partial charge in [-0.1, -0.05) is 11.6 Å². The zero-order valence-corrected chi connectivity index (χ0v) is 14.1. The second-order valence-corrected chi connectivity index (χ2v) is 7.08. The monoisotopic (exact) mass is 390 g/mol. The average Bonchev–Trinajstić information content (AvgIpc) is 2.42. The van der Waals surface area contributed by atoms with E-state index in [-0.39, 0.29) is 10.6 Å². The lowest BCUT2D eigenvalue weighted by molar-refractivity contribution is 0.403. The summed E-state index contributed by atoms with van der Waals surface area (Å²) < 4.78 is 33.0. The number of rotatable bonds is 4. The SMILES string of the molecule is COc1ccc(N)cc1S(=O)(=O)Nc1ccc(Cl)cc1Br. The second kappa shape index (κ2) is 6.13. The summed E-state index contributed by atoms with van der Waals surface area (Å²) in [6.07, 6.45) is 0. The van der Waals surface area contributed by atoms with E-state index >= 15 is 0 Å². The molecule has 0 aliphatic heterocycles. The van der Waals surface area contributed by atoms with Crippen molar-refractivity contribution in [1.82, 2.24) is 0 Å². The fourth-order valence-corrected chi connectivity index (χ4v) is 3.87. The van der Waals surface area contributed by atoms with Crippen LogP contribution >= 0.6 is 27.5 Å². The summed E-state index contributed by atoms with van der Waals surface area (Å²) in [6.45, 7) is 0. The Balaban J connectivity index is 2.45. The number of hydrogen-bond acceptors (Lipinski definition) is 4. The molecule has 0 spiro atoms. The van der Waals surface area contributed by atoms with Crippen molar-refractivity contribution in [3.05, 3.63) is 45.9 Å². The van der Waals surface area contributed by atoms with Gasteiger partial charge < -0.3 is 10.5 Å². The van der Waals surface area contributed by atoms with Gasteiger partial charge in [0.15, 0.2) is 0 Å². The third-order valence-electron chi connectivity index (χ3n) is 2.65. The van der Waals surface area contributed by atoms with Crippen LogP contribution in [0.2, 0.25) is 5.02 Å². The van der Waals surface area contributed by atoms with E-state index in [4.69, 9.17) is 22.1 Å². The molecule has 112 valence electrons. The summed E-state index contributed by atoms with van der Waals surface area (Å²) in [6, 6.07) is 9.14. The summed E-state index contributed by atoms with van der Waals surface area (Å²) in [5.74, 6) is 0.210. The normalized spacial score (nSPS) is 11.2. The number of nitrogens with two attached hydrogens (primary N) is 1. The molecule has 0 amide bonds. The molecule has 0 aliphatic carbocycles. The van der Waals surface area contributed by atoms with Gasteiger partial charge in [-0.2, -0.15) is 0 Å². The number of methoxy groups -OCH3 is 1. The molecule has 3 N–H and O–H groups in total. The van der Waals surface area contributed by atoms with E-state index in [1.807, 2.05) is 0 Å². The standard InChI is InChI=1S/C13H12BrClN2O3S/c1-20-12-5-3-9(16)7-13(12)21(18,19)17-11-4-2-8(15)6-10(11)14/h2-7,17H,16H2,1H3. The Morgan fingerprint density at radius 1 is 1.24 bits per heavy atom. The number of nitrogens with one attached hydrogen (secondary N) is 1. The molecule has 21 heavy (non-hydrogen) atoms. The summed E-state index contributed by atoms with van der Waals surface area (Å²) in [4.78, 5) is -0.0353. The first-order chi connectivity index (χ1) is 9.83. The molecule has 0 unspecified atom stereocenters. The number of sulfonamides is 1. The molecular weight excluding hydrogens is 380 g/mol. The quantitative estimate of drug-likeness (QED) is 0.782. The highest BCUT2D eigenvalue weighted by molar-refractivity contribution is 9.10. The minimum atomic E-state index is -3.84. The molecule has 2 aromatic carbocycles. The van der Waals surface area contributed by atoms with Gasteiger partial charge in [0.2, 0.25) is 0 Å². The van der Waals surface area contributed by atoms with Gasteiger partial charge in [0.1, 0.15) is 10.6 Å². The Morgan fingerprint density at radius 2 is 1.95 bits per heavy atom. The van der Waals surface area contributed by atoms with Crippen LogP contribution in [0.25, 0.3) is 0 Å². The number of hydrogen-bond donors (Lipinski definition) is 2. The molecule has 5 nitrogen and oxygen atoms in total. The number of ether oxygens (including phenoxy) is 1. The van der Waals surface area contributed by atoms with Gasteiger partial charge in [-0.15, -0.1) is 0 Å². The maximum absolute atomic E-state index is 12.5. The second-order valence-electron chi connectivity index (χ2n) is 4.14. The minimum absolute atomic E-state index is 0.0353. The van der Waals surface area contributed by atoms with Gasteiger partial charge in [-0.05, 0) is 52.3 Å². The molecule has 0 aliphatic rings. The molecule has 0 saturated heterocycles. The lowest BCUT2D eigenvalue weighted by Crippen LogP contribution is -2.14. The zero-order chi connectivity index (χ0) is 15.6. The highest BCUT2D eigenvalue weighted by Gasteiger charge is 2.21. The van der Waals surface area contributed by atoms with Crippen molar-refractivity contribution in [3.8, 4) is 5.75 Å². The molecule has 2 rings (SSSR count). The van der Waals surface area contributed by atoms with Crippen LogP contribution in [-0.2, 0) is 10.0 Å². The average molecular weight is 392 g/mol. The smallest absolute Gasteiger partial charge is 0.265 e. The molecule has 0 heterocycles. The van der Waals surface area contributed by atoms with Crippen molar-refractivity contribution in [2.24, 2.45) is 0 Å². The molecule has 0 aromatic heterocycles. The largest absolute Gasteiger partial charge is 0.495 e. The highest BCUT2D eigenvalue weighted by Crippen LogP contribution is 2.31. The van der Waals surface area contributed by atoms with Crippen LogP contribution < -0.4 is 15.2 Å². The minimum Gasteiger partial charge on any atom is -0.495 e. The fraction of sp³-hybridized carbons (Fsp3) is 0.0769. The van der Waals surface area contributed by atoms with E-state index < -0.39 is 10.0 Å². The van der Waals surface area contributed by atoms with Crippen LogP contribution in [0.4, 0.5) is 11.4 Å². The molecule has 0 radical (unpaired) electrons. The predicted octanol–water partition coefficient (Wildman–Crippen LogP) is 3.49. The van der Waals surface area contributed by atoms with E-state index in [1.165, 1.54) is 19.2 Å². The van der Waals surface area contributed by atoms with Gasteiger partial charge in [-0.3, -0.25) is 4.72 Å². The third kappa shape index (κ3) is 3.61. The van der Waals surface area contributed by atoms with E-state index in [1.54, 1.807) is 24.3 Å². The summed E-state index contributed by atoms with van der Waals surface area (Å²) >= 11 is 9.08. The Morgan fingerprint density at radius 3 is 2.57 bits per heavy atom. The molecule has 8 heteroatoms. The fourth-order valence-electron chi connectivity index (χ4n) is 1.68. The maximum atomic E-state index is 12.5. The predicted molar refractivity (Wildman–Crippen MR) is 87.4 cm³/mol. The molecule has 0 saturated carbocycles. The summed E-state index contributed by atoms with van der Waals surface area (Å²) in [5, 5.41) is 0.492. The summed E-state index contributed by atoms with van der Waals surface area (Å²) in [5.41, 5.74) is 6.34. The number of benzene rings is 2. The Kier molecular flexibility index (Phi) is 4.65. The van der Waals surface area contributed by atoms with E-state index in [0.717, 1.165) is 0 Å². The number of nitrogen functional groups attached to an aromatic ring is 1. The van der Waals surface area contributed by atoms with E-state index in [9.17, 15) is 8.42 Å². The number of anilines is 2. The highest BCUT2D eigenvalue weighted by atomic mass is 79.9. The van der Waals surface area contributed by atoms with Crippen LogP contribution in [-0.4, -0.2) is 15.5 Å². The van der Waals surface area contributed by atoms with Crippen molar-refractivity contribution < 1.29 is 13.2 Å². The van der Waals surface area contributed by atoms with Gasteiger partial charge in [-0.25, -0.2) is 8.42 Å². The first-order valence-corrected chi connectivity index (χ1v) is 8.40. The van der Waals surface area contributed by atoms with E-state index in [2.05, 4.69) is 20.7 Å². The Hall–Kier alpha value is -1.44. The summed E-state index contributed by atoms with van der Waals surface area (Å²) in [7, 11) is -2.45. The third-order valence-corrected chi connectivity index (χ3v) is 4.93. The molecule has 0 atom stereocenters. The van der Waals surface area contributed by atoms with Crippen molar-refractivity contribution in [1.29, 1.82) is 0 Å². The van der Waals surface area contributed by atoms with E-state index in [0.29, 0.717) is 20.9 Å². The van der Waals surface area contributed by atoms with Gasteiger partial charge in [0.05, 0.1) is 12.8 Å². The van der Waals surface area contributed by atoms with Gasteiger partial charge in [0.25, 0.3) is 10.0 Å². The van der Waals surface area contributed by atoms with Crippen LogP contribution in [0.15, 0.2) is 45.8 Å². The first-order valence-electron chi connectivity index (χ1n) is 5.75. The first kappa shape index (κ1) is 15.9. The van der Waals surface area contributed by atoms with Crippen molar-refractivity contribution in [2.75, 3.05) is 17.6 Å². The van der Waals surface area contributed by atoms with Crippen molar-refractivity contribution >= 4 is 48.9 Å². The van der Waals surface area contributed by atoms with Crippen molar-refractivity contribution in [2.45, 2.75) is 4.90 Å². The van der Waals surface area contributed by atoms with Crippen LogP contribution in [0.3, 0.4) is 0 Å². The topological polar surface area (TPSA) is 81.4 Å². The molecule has 0 fully saturated rings. The van der Waals surface area contributed by atoms with Crippen LogP contribution in [0.1, 0.15) is 0 Å². The maximum Gasteiger partial charge on any atom is 0.265 e. The van der Waals surface area contributed by atoms with Gasteiger partial charge >= 0.3 is 0 Å². The van der Waals surface area contributed by atoms with Crippen LogP contribution in [0, 0.1) is 0 Å². The molecule has 2 aromatic rings. The zero-order valence-electron chi connectivity index (χ0n) is 10.9.